The molecule has 3 N–H and O–H groups in total. The van der Waals surface area contributed by atoms with Crippen molar-refractivity contribution in [1.29, 1.82) is 0 Å². The molecule has 0 fully saturated rings. The summed E-state index contributed by atoms with van der Waals surface area (Å²) < 4.78 is 5.47. The zero-order chi connectivity index (χ0) is 52.9. The summed E-state index contributed by atoms with van der Waals surface area (Å²) in [6.07, 6.45) is 77.7. The highest BCUT2D eigenvalue weighted by Crippen LogP contribution is 2.18. The number of unbranched alkanes of at least 4 members (excludes halogenated alkanes) is 47. The second-order valence-corrected chi connectivity index (χ2v) is 22.8. The average Bonchev–Trinajstić information content (AvgIpc) is 3.39. The average molecular weight is 1030 g/mol. The number of ether oxygens (including phenoxy) is 1. The van der Waals surface area contributed by atoms with Crippen LogP contribution in [-0.2, 0) is 14.3 Å². The number of aliphatic hydroxyl groups excluding tert-OH is 2. The molecule has 0 saturated heterocycles. The molecule has 2 atom stereocenters. The molecule has 1 amide bonds. The zero-order valence-corrected chi connectivity index (χ0v) is 49.4. The molecule has 0 aromatic heterocycles. The first-order valence-corrected chi connectivity index (χ1v) is 33.1. The first-order valence-electron chi connectivity index (χ1n) is 33.1. The Hall–Kier alpha value is -1.66. The Morgan fingerprint density at radius 2 is 0.644 bits per heavy atom. The lowest BCUT2D eigenvalue weighted by atomic mass is 10.0. The molecule has 0 aromatic carbocycles. The summed E-state index contributed by atoms with van der Waals surface area (Å²) >= 11 is 0. The maximum Gasteiger partial charge on any atom is 0.305 e. The second kappa shape index (κ2) is 62.9. The lowest BCUT2D eigenvalue weighted by Gasteiger charge is -2.22. The molecule has 0 heterocycles. The molecule has 2 unspecified atom stereocenters. The number of hydrogen-bond donors (Lipinski definition) is 3. The largest absolute Gasteiger partial charge is 0.466 e. The van der Waals surface area contributed by atoms with E-state index >= 15 is 0 Å². The molecule has 0 radical (unpaired) electrons. The van der Waals surface area contributed by atoms with Crippen molar-refractivity contribution < 1.29 is 24.5 Å². The van der Waals surface area contributed by atoms with Gasteiger partial charge in [-0.2, -0.15) is 0 Å². The molecule has 0 bridgehead atoms. The van der Waals surface area contributed by atoms with Crippen molar-refractivity contribution in [2.24, 2.45) is 0 Å². The standard InChI is InChI=1S/C67H129NO5/c1-3-5-7-9-11-13-15-17-19-20-21-22-23-24-25-26-27-28-32-35-39-43-47-51-55-59-65(70)64(63-69)68-66(71)60-56-52-48-44-40-36-33-29-30-34-38-42-46-50-54-58-62-73-67(72)61-57-53-49-45-41-37-31-18-16-14-12-10-8-6-4-2/h18,29,31,33,64-65,69-70H,3-17,19-28,30,32,34-63H2,1-2H3,(H,68,71)/b31-18-,33-29-. The van der Waals surface area contributed by atoms with E-state index in [1.807, 2.05) is 0 Å². The molecule has 73 heavy (non-hydrogen) atoms. The molecule has 0 aromatic rings. The van der Waals surface area contributed by atoms with Crippen molar-refractivity contribution in [2.45, 2.75) is 379 Å². The molecule has 6 nitrogen and oxygen atoms in total. The van der Waals surface area contributed by atoms with Crippen LogP contribution in [0, 0.1) is 0 Å². The number of allylic oxidation sites excluding steroid dienone is 4. The smallest absolute Gasteiger partial charge is 0.305 e. The maximum atomic E-state index is 12.5. The predicted molar refractivity (Wildman–Crippen MR) is 320 cm³/mol. The van der Waals surface area contributed by atoms with Gasteiger partial charge in [0.2, 0.25) is 5.91 Å². The number of nitrogens with one attached hydrogen (secondary N) is 1. The monoisotopic (exact) mass is 1030 g/mol. The van der Waals surface area contributed by atoms with E-state index in [0.29, 0.717) is 25.9 Å². The summed E-state index contributed by atoms with van der Waals surface area (Å²) in [5.41, 5.74) is 0. The molecular weight excluding hydrogens is 899 g/mol. The van der Waals surface area contributed by atoms with Gasteiger partial charge >= 0.3 is 5.97 Å². The van der Waals surface area contributed by atoms with Crippen molar-refractivity contribution in [1.82, 2.24) is 5.32 Å². The number of aliphatic hydroxyl groups is 2. The fraction of sp³-hybridized carbons (Fsp3) is 0.910. The van der Waals surface area contributed by atoms with Crippen LogP contribution in [-0.4, -0.2) is 47.4 Å². The van der Waals surface area contributed by atoms with Gasteiger partial charge in [-0.1, -0.05) is 301 Å². The summed E-state index contributed by atoms with van der Waals surface area (Å²) in [6.45, 7) is 4.95. The minimum atomic E-state index is -0.677. The minimum Gasteiger partial charge on any atom is -0.466 e. The van der Waals surface area contributed by atoms with Gasteiger partial charge in [-0.05, 0) is 77.0 Å². The fourth-order valence-electron chi connectivity index (χ4n) is 10.4. The lowest BCUT2D eigenvalue weighted by molar-refractivity contribution is -0.143. The Morgan fingerprint density at radius 3 is 0.973 bits per heavy atom. The topological polar surface area (TPSA) is 95.9 Å². The number of amides is 1. The van der Waals surface area contributed by atoms with Gasteiger partial charge in [-0.3, -0.25) is 9.59 Å². The van der Waals surface area contributed by atoms with Crippen LogP contribution >= 0.6 is 0 Å². The van der Waals surface area contributed by atoms with Crippen molar-refractivity contribution in [3.05, 3.63) is 24.3 Å². The van der Waals surface area contributed by atoms with Crippen LogP contribution in [0.2, 0.25) is 0 Å². The molecular formula is C67H129NO5. The zero-order valence-electron chi connectivity index (χ0n) is 49.4. The van der Waals surface area contributed by atoms with Gasteiger partial charge < -0.3 is 20.3 Å². The Bertz CT molecular complexity index is 1140. The van der Waals surface area contributed by atoms with Crippen LogP contribution in [0.3, 0.4) is 0 Å². The van der Waals surface area contributed by atoms with Crippen LogP contribution < -0.4 is 5.32 Å². The van der Waals surface area contributed by atoms with Crippen LogP contribution in [0.4, 0.5) is 0 Å². The van der Waals surface area contributed by atoms with Crippen molar-refractivity contribution in [2.75, 3.05) is 13.2 Å². The third-order valence-electron chi connectivity index (χ3n) is 15.5. The molecule has 0 aliphatic rings. The van der Waals surface area contributed by atoms with E-state index in [2.05, 4.69) is 43.5 Å². The van der Waals surface area contributed by atoms with E-state index in [9.17, 15) is 19.8 Å². The molecule has 0 aliphatic carbocycles. The summed E-state index contributed by atoms with van der Waals surface area (Å²) in [6, 6.07) is -0.555. The van der Waals surface area contributed by atoms with Crippen LogP contribution in [0.15, 0.2) is 24.3 Å². The molecule has 0 saturated carbocycles. The maximum absolute atomic E-state index is 12.5. The van der Waals surface area contributed by atoms with Crippen molar-refractivity contribution >= 4 is 11.9 Å². The first kappa shape index (κ1) is 71.3. The van der Waals surface area contributed by atoms with Gasteiger partial charge in [0.05, 0.1) is 25.4 Å². The van der Waals surface area contributed by atoms with Crippen LogP contribution in [0.25, 0.3) is 0 Å². The SMILES string of the molecule is CCCCCCCC/C=C\CCCCCCCC(=O)OCCCCCCCCC/C=C\CCCCCCCC(=O)NC(CO)C(O)CCCCCCCCCCCCCCCCCCCCCCCCCCC. The fourth-order valence-corrected chi connectivity index (χ4v) is 10.4. The van der Waals surface area contributed by atoms with Gasteiger partial charge in [-0.25, -0.2) is 0 Å². The highest BCUT2D eigenvalue weighted by atomic mass is 16.5. The highest BCUT2D eigenvalue weighted by molar-refractivity contribution is 5.76. The number of esters is 1. The Kier molecular flexibility index (Phi) is 61.4. The number of hydrogen-bond acceptors (Lipinski definition) is 5. The third-order valence-corrected chi connectivity index (χ3v) is 15.5. The number of carbonyl (C=O) groups is 2. The lowest BCUT2D eigenvalue weighted by Crippen LogP contribution is -2.45. The summed E-state index contributed by atoms with van der Waals surface area (Å²) in [7, 11) is 0. The normalized spacial score (nSPS) is 12.7. The molecule has 432 valence electrons. The van der Waals surface area contributed by atoms with Gasteiger partial charge in [0.1, 0.15) is 0 Å². The Labute approximate surface area is 456 Å². The molecule has 6 heteroatoms. The highest BCUT2D eigenvalue weighted by Gasteiger charge is 2.20. The first-order chi connectivity index (χ1) is 36.0. The number of carbonyl (C=O) groups excluding carboxylic acids is 2. The van der Waals surface area contributed by atoms with E-state index in [1.54, 1.807) is 0 Å². The predicted octanol–water partition coefficient (Wildman–Crippen LogP) is 21.0. The Balaban J connectivity index is 3.45. The van der Waals surface area contributed by atoms with Gasteiger partial charge in [0.25, 0.3) is 0 Å². The van der Waals surface area contributed by atoms with E-state index in [4.69, 9.17) is 4.74 Å². The quantitative estimate of drug-likeness (QED) is 0.0320. The van der Waals surface area contributed by atoms with Gasteiger partial charge in [0, 0.05) is 12.8 Å². The van der Waals surface area contributed by atoms with Crippen molar-refractivity contribution in [3.8, 4) is 0 Å². The molecule has 0 rings (SSSR count). The molecule has 0 spiro atoms. The van der Waals surface area contributed by atoms with Gasteiger partial charge in [0.15, 0.2) is 0 Å². The van der Waals surface area contributed by atoms with E-state index < -0.39 is 12.1 Å². The molecule has 0 aliphatic heterocycles. The second-order valence-electron chi connectivity index (χ2n) is 22.8. The summed E-state index contributed by atoms with van der Waals surface area (Å²) in [5, 5.41) is 23.4. The summed E-state index contributed by atoms with van der Waals surface area (Å²) in [4.78, 5) is 24.6. The van der Waals surface area contributed by atoms with E-state index in [1.165, 1.54) is 270 Å². The number of rotatable bonds is 62. The van der Waals surface area contributed by atoms with E-state index in [-0.39, 0.29) is 18.5 Å². The Morgan fingerprint density at radius 1 is 0.370 bits per heavy atom. The van der Waals surface area contributed by atoms with Gasteiger partial charge in [-0.15, -0.1) is 0 Å². The van der Waals surface area contributed by atoms with Crippen LogP contribution in [0.5, 0.6) is 0 Å². The summed E-state index contributed by atoms with van der Waals surface area (Å²) in [5.74, 6) is -0.0579. The van der Waals surface area contributed by atoms with E-state index in [0.717, 1.165) is 64.2 Å². The van der Waals surface area contributed by atoms with Crippen LogP contribution in [0.1, 0.15) is 367 Å². The minimum absolute atomic E-state index is 0.00971. The van der Waals surface area contributed by atoms with Crippen molar-refractivity contribution in [3.63, 3.8) is 0 Å². The third kappa shape index (κ3) is 59.4.